The van der Waals surface area contributed by atoms with Crippen LogP contribution in [0.2, 0.25) is 0 Å². The first-order valence-corrected chi connectivity index (χ1v) is 8.96. The molecule has 2 aliphatic rings. The Morgan fingerprint density at radius 3 is 2.79 bits per heavy atom. The second-order valence-electron chi connectivity index (χ2n) is 6.97. The molecule has 4 rings (SSSR count). The lowest BCUT2D eigenvalue weighted by molar-refractivity contribution is -0.120. The van der Waals surface area contributed by atoms with Crippen LogP contribution in [0.15, 0.2) is 18.2 Å². The van der Waals surface area contributed by atoms with Crippen molar-refractivity contribution in [3.63, 3.8) is 0 Å². The molecular weight excluding hydrogens is 363 g/mol. The summed E-state index contributed by atoms with van der Waals surface area (Å²) in [7, 11) is 0. The molecule has 1 aromatic carbocycles. The normalized spacial score (nSPS) is 19.5. The third kappa shape index (κ3) is 2.96. The fourth-order valence-corrected chi connectivity index (χ4v) is 3.67. The van der Waals surface area contributed by atoms with E-state index in [2.05, 4.69) is 20.9 Å². The first-order chi connectivity index (χ1) is 13.3. The predicted molar refractivity (Wildman–Crippen MR) is 102 cm³/mol. The maximum absolute atomic E-state index is 13.6. The van der Waals surface area contributed by atoms with Gasteiger partial charge in [0.05, 0.1) is 11.1 Å². The number of hydrogen-bond acceptors (Lipinski definition) is 3. The molecule has 1 fully saturated rings. The number of nitrogens with one attached hydrogen (secondary N) is 4. The molecule has 1 saturated heterocycles. The van der Waals surface area contributed by atoms with Crippen molar-refractivity contribution in [3.8, 4) is 0 Å². The van der Waals surface area contributed by atoms with Crippen molar-refractivity contribution in [1.29, 1.82) is 0 Å². The highest BCUT2D eigenvalue weighted by molar-refractivity contribution is 6.34. The van der Waals surface area contributed by atoms with Crippen LogP contribution in [0.1, 0.15) is 39.3 Å². The number of benzene rings is 1. The number of amides is 3. The molecule has 3 heterocycles. The summed E-state index contributed by atoms with van der Waals surface area (Å²) in [6, 6.07) is 3.56. The van der Waals surface area contributed by atoms with Crippen LogP contribution in [-0.2, 0) is 9.59 Å². The van der Waals surface area contributed by atoms with Gasteiger partial charge in [0.15, 0.2) is 0 Å². The highest BCUT2D eigenvalue weighted by Crippen LogP contribution is 2.34. The van der Waals surface area contributed by atoms with Crippen LogP contribution in [0.5, 0.6) is 0 Å². The zero-order valence-corrected chi connectivity index (χ0v) is 15.4. The molecule has 0 saturated carbocycles. The molecule has 3 amide bonds. The molecule has 1 aromatic heterocycles. The molecule has 4 N–H and O–H groups in total. The number of anilines is 1. The van der Waals surface area contributed by atoms with Gasteiger partial charge in [0.1, 0.15) is 11.9 Å². The van der Waals surface area contributed by atoms with Crippen molar-refractivity contribution in [3.05, 3.63) is 52.1 Å². The fraction of sp³-hybridized carbons (Fsp3) is 0.250. The number of H-pyrrole nitrogens is 1. The Balaban J connectivity index is 1.68. The van der Waals surface area contributed by atoms with Gasteiger partial charge in [-0.3, -0.25) is 14.4 Å². The van der Waals surface area contributed by atoms with Crippen LogP contribution in [0, 0.1) is 19.7 Å². The Labute approximate surface area is 160 Å². The number of aromatic amines is 1. The maximum atomic E-state index is 13.6. The molecule has 1 atom stereocenters. The van der Waals surface area contributed by atoms with Crippen molar-refractivity contribution >= 4 is 35.1 Å². The molecule has 8 heteroatoms. The van der Waals surface area contributed by atoms with Gasteiger partial charge in [-0.1, -0.05) is 0 Å². The number of halogens is 1. The summed E-state index contributed by atoms with van der Waals surface area (Å²) in [5.74, 6) is -1.31. The van der Waals surface area contributed by atoms with E-state index in [0.717, 1.165) is 0 Å². The standard InChI is InChI=1S/C20H19FN4O3/c1-9-16(8-13-12-7-11(21)3-4-14(12)24-18(13)26)23-10(2)17(9)20(28)25-15-5-6-22-19(15)27/h3-4,7-8,15,23H,5-6H2,1-2H3,(H,22,27)(H,24,26)(H,25,28)/t15-/m0/s1. The molecule has 0 radical (unpaired) electrons. The Hall–Kier alpha value is -3.42. The molecule has 0 spiro atoms. The van der Waals surface area contributed by atoms with E-state index in [4.69, 9.17) is 0 Å². The number of rotatable bonds is 3. The van der Waals surface area contributed by atoms with Gasteiger partial charge >= 0.3 is 0 Å². The molecule has 2 aromatic rings. The van der Waals surface area contributed by atoms with E-state index in [9.17, 15) is 18.8 Å². The Bertz CT molecular complexity index is 1050. The summed E-state index contributed by atoms with van der Waals surface area (Å²) >= 11 is 0. The summed E-state index contributed by atoms with van der Waals surface area (Å²) < 4.78 is 13.6. The summed E-state index contributed by atoms with van der Waals surface area (Å²) in [5, 5.41) is 8.13. The van der Waals surface area contributed by atoms with Crippen LogP contribution >= 0.6 is 0 Å². The van der Waals surface area contributed by atoms with E-state index < -0.39 is 11.9 Å². The lowest BCUT2D eigenvalue weighted by Crippen LogP contribution is -2.40. The molecule has 7 nitrogen and oxygen atoms in total. The number of aryl methyl sites for hydroxylation is 1. The number of carbonyl (C=O) groups is 3. The molecule has 2 aliphatic heterocycles. The fourth-order valence-electron chi connectivity index (χ4n) is 3.67. The van der Waals surface area contributed by atoms with Crippen LogP contribution in [0.3, 0.4) is 0 Å². The molecule has 28 heavy (non-hydrogen) atoms. The summed E-state index contributed by atoms with van der Waals surface area (Å²) in [6.07, 6.45) is 2.16. The topological polar surface area (TPSA) is 103 Å². The van der Waals surface area contributed by atoms with E-state index in [0.29, 0.717) is 52.3 Å². The zero-order valence-electron chi connectivity index (χ0n) is 15.4. The van der Waals surface area contributed by atoms with Gasteiger partial charge in [-0.05, 0) is 50.1 Å². The van der Waals surface area contributed by atoms with Gasteiger partial charge in [0.2, 0.25) is 5.91 Å². The van der Waals surface area contributed by atoms with Gasteiger partial charge in [0.25, 0.3) is 11.8 Å². The largest absolute Gasteiger partial charge is 0.358 e. The van der Waals surface area contributed by atoms with Gasteiger partial charge in [-0.2, -0.15) is 0 Å². The highest BCUT2D eigenvalue weighted by atomic mass is 19.1. The average molecular weight is 382 g/mol. The number of fused-ring (bicyclic) bond motifs is 1. The van der Waals surface area contributed by atoms with Gasteiger partial charge in [-0.25, -0.2) is 4.39 Å². The lowest BCUT2D eigenvalue weighted by atomic mass is 10.0. The molecule has 0 bridgehead atoms. The SMILES string of the molecule is Cc1[nH]c(C=C2C(=O)Nc3ccc(F)cc32)c(C)c1C(=O)N[C@H]1CCNC1=O. The number of aromatic nitrogens is 1. The van der Waals surface area contributed by atoms with Crippen LogP contribution < -0.4 is 16.0 Å². The van der Waals surface area contributed by atoms with Gasteiger partial charge < -0.3 is 20.9 Å². The molecular formula is C20H19FN4O3. The van der Waals surface area contributed by atoms with Gasteiger partial charge in [-0.15, -0.1) is 0 Å². The minimum atomic E-state index is -0.543. The van der Waals surface area contributed by atoms with Crippen molar-refractivity contribution in [2.24, 2.45) is 0 Å². The Morgan fingerprint density at radius 1 is 1.29 bits per heavy atom. The van der Waals surface area contributed by atoms with E-state index in [1.807, 2.05) is 0 Å². The summed E-state index contributed by atoms with van der Waals surface area (Å²) in [5.41, 5.74) is 3.64. The van der Waals surface area contributed by atoms with Crippen LogP contribution in [-0.4, -0.2) is 35.3 Å². The van der Waals surface area contributed by atoms with Crippen molar-refractivity contribution < 1.29 is 18.8 Å². The number of hydrogen-bond donors (Lipinski definition) is 4. The van der Waals surface area contributed by atoms with Crippen LogP contribution in [0.25, 0.3) is 11.6 Å². The third-order valence-electron chi connectivity index (χ3n) is 5.11. The van der Waals surface area contributed by atoms with Gasteiger partial charge in [0, 0.05) is 29.2 Å². The third-order valence-corrected chi connectivity index (χ3v) is 5.11. The molecule has 0 aliphatic carbocycles. The summed E-state index contributed by atoms with van der Waals surface area (Å²) in [4.78, 5) is 39.8. The summed E-state index contributed by atoms with van der Waals surface area (Å²) in [6.45, 7) is 4.05. The second kappa shape index (κ2) is 6.63. The lowest BCUT2D eigenvalue weighted by Gasteiger charge is -2.10. The van der Waals surface area contributed by atoms with E-state index >= 15 is 0 Å². The monoisotopic (exact) mass is 382 g/mol. The van der Waals surface area contributed by atoms with Crippen molar-refractivity contribution in [2.45, 2.75) is 26.3 Å². The smallest absolute Gasteiger partial charge is 0.256 e. The average Bonchev–Trinajstić information content (AvgIpc) is 3.26. The number of carbonyl (C=O) groups excluding carboxylic acids is 3. The first-order valence-electron chi connectivity index (χ1n) is 8.96. The zero-order chi connectivity index (χ0) is 20.0. The van der Waals surface area contributed by atoms with E-state index in [1.54, 1.807) is 19.9 Å². The van der Waals surface area contributed by atoms with Crippen molar-refractivity contribution in [1.82, 2.24) is 15.6 Å². The second-order valence-corrected chi connectivity index (χ2v) is 6.97. The molecule has 144 valence electrons. The van der Waals surface area contributed by atoms with E-state index in [-0.39, 0.29) is 17.7 Å². The van der Waals surface area contributed by atoms with E-state index in [1.165, 1.54) is 18.2 Å². The predicted octanol–water partition coefficient (Wildman–Crippen LogP) is 1.88. The first kappa shape index (κ1) is 18.0. The molecule has 0 unspecified atom stereocenters. The Morgan fingerprint density at radius 2 is 2.07 bits per heavy atom. The highest BCUT2D eigenvalue weighted by Gasteiger charge is 2.29. The minimum absolute atomic E-state index is 0.192. The van der Waals surface area contributed by atoms with Crippen molar-refractivity contribution in [2.75, 3.05) is 11.9 Å². The Kier molecular flexibility index (Phi) is 4.26. The quantitative estimate of drug-likeness (QED) is 0.610. The van der Waals surface area contributed by atoms with Crippen LogP contribution in [0.4, 0.5) is 10.1 Å². The maximum Gasteiger partial charge on any atom is 0.256 e. The minimum Gasteiger partial charge on any atom is -0.358 e.